The van der Waals surface area contributed by atoms with Crippen LogP contribution in [0.15, 0.2) is 313 Å². The SMILES string of the molecule is C1=NCc2ccccc2N1.CC.CC.CC.CC.CC.CC.CC.CC.CC.CC.c1ccc2[nH]cnc2c1.c1ccc2ccccc2c1.c1ccc2ncncc2c1.c1ccc2sccc2c1.c1ccccc1.c1ccoc1.c1ccsc1.c1cncnc1.c1ncc2[nH]cnc2n1. The van der Waals surface area contributed by atoms with E-state index in [0.29, 0.717) is 5.65 Å². The molecule has 0 saturated heterocycles. The molecule has 15 aromatic rings. The molecule has 530 valence electrons. The van der Waals surface area contributed by atoms with Crippen LogP contribution in [-0.4, -0.2) is 56.2 Å². The summed E-state index contributed by atoms with van der Waals surface area (Å²) < 4.78 is 5.96. The number of fused-ring (bicyclic) bond motifs is 6. The minimum Gasteiger partial charge on any atom is -0.473 e. The molecule has 0 saturated carbocycles. The summed E-state index contributed by atoms with van der Waals surface area (Å²) in [6.45, 7) is 40.8. The van der Waals surface area contributed by atoms with Gasteiger partial charge in [-0.1, -0.05) is 302 Å². The number of nitrogens with one attached hydrogen (secondary N) is 3. The number of benzene rings is 7. The van der Waals surface area contributed by atoms with Crippen molar-refractivity contribution in [3.05, 3.63) is 309 Å². The maximum Gasteiger partial charge on any atom is 0.180 e. The van der Waals surface area contributed by atoms with Crippen molar-refractivity contribution in [2.75, 3.05) is 5.32 Å². The van der Waals surface area contributed by atoms with E-state index in [1.54, 1.807) is 85.2 Å². The van der Waals surface area contributed by atoms with E-state index in [9.17, 15) is 0 Å². The first-order chi connectivity index (χ1) is 49.3. The van der Waals surface area contributed by atoms with Crippen molar-refractivity contribution in [1.82, 2.24) is 49.8 Å². The van der Waals surface area contributed by atoms with Gasteiger partial charge >= 0.3 is 0 Å². The summed E-state index contributed by atoms with van der Waals surface area (Å²) in [6.07, 6.45) is 19.7. The highest BCUT2D eigenvalue weighted by molar-refractivity contribution is 7.17. The lowest BCUT2D eigenvalue weighted by atomic mass is 10.1. The van der Waals surface area contributed by atoms with Gasteiger partial charge in [0.25, 0.3) is 0 Å². The molecule has 0 unspecified atom stereocenters. The molecule has 0 atom stereocenters. The van der Waals surface area contributed by atoms with E-state index >= 15 is 0 Å². The van der Waals surface area contributed by atoms with Gasteiger partial charge in [-0.05, 0) is 92.5 Å². The van der Waals surface area contributed by atoms with Crippen molar-refractivity contribution < 1.29 is 4.42 Å². The fraction of sp³-hybridized carbons (Fsp3) is 0.250. The van der Waals surface area contributed by atoms with Crippen LogP contribution in [0.4, 0.5) is 5.69 Å². The van der Waals surface area contributed by atoms with Crippen LogP contribution in [0.1, 0.15) is 144 Å². The Balaban J connectivity index is -0.000000495. The van der Waals surface area contributed by atoms with Gasteiger partial charge in [0.1, 0.15) is 24.5 Å². The highest BCUT2D eigenvalue weighted by Gasteiger charge is 2.01. The molecule has 0 aliphatic carbocycles. The largest absolute Gasteiger partial charge is 0.473 e. The molecule has 99 heavy (non-hydrogen) atoms. The number of nitrogens with zero attached hydrogens (tertiary/aromatic N) is 9. The van der Waals surface area contributed by atoms with Crippen molar-refractivity contribution in [1.29, 1.82) is 0 Å². The lowest BCUT2D eigenvalue weighted by Crippen LogP contribution is -2.03. The standard InChI is InChI=1S/C10H8.C8H8N2.C8H6N2.C8H6S.C7H6N2.C6H6.C5H4N4.C4H4N2.C4H4O.C4H4S.10C2H6/c1-2-6-10-8-4-3-7-9(10)5-1;2*1-2-4-8-7(3-1)5-9-6-10-8;1-2-4-8-7(3-1)5-6-9-8;1-2-4-7-6(3-1)8-5-9-7;1-2-4-6-5-3-1;1-4-5(8-2-6-1)9-3-7-4;1-2-5-4-6-3-1;2*1-2-4-5-3-1;10*1-2/h1-8H;1-4,6H,5H2,(H,9,10);1-6H;1-6H;1-5H,(H,8,9);1-6H;1-3H,(H,6,7,8,9);1-4H;2*1-4H;10*1-2H3. The Bertz CT molecular complexity index is 3290. The fourth-order valence-corrected chi connectivity index (χ4v) is 7.93. The third-order valence-corrected chi connectivity index (χ3v) is 12.0. The van der Waals surface area contributed by atoms with E-state index in [1.165, 1.54) is 44.8 Å². The summed E-state index contributed by atoms with van der Waals surface area (Å²) in [7, 11) is 0. The Morgan fingerprint density at radius 2 is 0.808 bits per heavy atom. The summed E-state index contributed by atoms with van der Waals surface area (Å²) in [5.41, 5.74) is 7.15. The van der Waals surface area contributed by atoms with Crippen molar-refractivity contribution in [2.45, 2.75) is 145 Å². The van der Waals surface area contributed by atoms with Gasteiger partial charge < -0.3 is 19.7 Å². The summed E-state index contributed by atoms with van der Waals surface area (Å²) >= 11 is 3.50. The maximum absolute atomic E-state index is 4.58. The Hall–Kier alpha value is -10.3. The smallest absolute Gasteiger partial charge is 0.180 e. The highest BCUT2D eigenvalue weighted by Crippen LogP contribution is 2.19. The molecule has 16 rings (SSSR count). The number of imidazole rings is 2. The number of H-pyrrole nitrogens is 2. The summed E-state index contributed by atoms with van der Waals surface area (Å²) in [4.78, 5) is 41.0. The van der Waals surface area contributed by atoms with Gasteiger partial charge in [-0.15, -0.1) is 11.3 Å². The topological polar surface area (TPSA) is 172 Å². The van der Waals surface area contributed by atoms with Crippen LogP contribution in [0.3, 0.4) is 0 Å². The maximum atomic E-state index is 4.58. The van der Waals surface area contributed by atoms with Gasteiger partial charge in [0.05, 0.1) is 60.8 Å². The zero-order valence-electron chi connectivity index (χ0n) is 62.9. The summed E-state index contributed by atoms with van der Waals surface area (Å²) in [6, 6.07) is 72.8. The predicted molar refractivity (Wildman–Crippen MR) is 440 cm³/mol. The first-order valence-corrected chi connectivity index (χ1v) is 36.6. The Morgan fingerprint density at radius 3 is 1.27 bits per heavy atom. The number of furan rings is 1. The zero-order chi connectivity index (χ0) is 74.3. The van der Waals surface area contributed by atoms with E-state index < -0.39 is 0 Å². The zero-order valence-corrected chi connectivity index (χ0v) is 64.5. The number of aliphatic imine (C=N–C) groups is 1. The van der Waals surface area contributed by atoms with Gasteiger partial charge in [-0.3, -0.25) is 4.99 Å². The first kappa shape index (κ1) is 95.0. The second-order valence-electron chi connectivity index (χ2n) is 15.9. The number of rotatable bonds is 0. The normalized spacial score (nSPS) is 8.61. The average Bonchev–Trinajstić information content (AvgIpc) is 1.69. The lowest BCUT2D eigenvalue weighted by Gasteiger charge is -2.10. The first-order valence-electron chi connectivity index (χ1n) is 34.7. The summed E-state index contributed by atoms with van der Waals surface area (Å²) in [5.74, 6) is 0. The van der Waals surface area contributed by atoms with Crippen LogP contribution < -0.4 is 5.32 Å². The van der Waals surface area contributed by atoms with Crippen LogP contribution in [0.25, 0.3) is 54.0 Å². The predicted octanol–water partition coefficient (Wildman–Crippen LogP) is 26.4. The van der Waals surface area contributed by atoms with Gasteiger partial charge in [0.2, 0.25) is 0 Å². The monoisotopic (exact) mass is 1370 g/mol. The van der Waals surface area contributed by atoms with Gasteiger partial charge in [-0.25, -0.2) is 39.9 Å². The molecule has 15 heteroatoms. The molecule has 1 aliphatic heterocycles. The Kier molecular flexibility index (Phi) is 73.6. The lowest BCUT2D eigenvalue weighted by molar-refractivity contribution is 0.567. The van der Waals surface area contributed by atoms with E-state index in [0.717, 1.165) is 34.0 Å². The van der Waals surface area contributed by atoms with E-state index in [-0.39, 0.29) is 0 Å². The van der Waals surface area contributed by atoms with Gasteiger partial charge in [0.15, 0.2) is 5.65 Å². The molecular formula is C84H116N12OS2. The molecule has 3 N–H and O–H groups in total. The Morgan fingerprint density at radius 1 is 0.343 bits per heavy atom. The molecule has 9 heterocycles. The van der Waals surface area contributed by atoms with Crippen LogP contribution in [-0.2, 0) is 6.54 Å². The molecule has 0 spiro atoms. The number of thiophene rings is 2. The number of hydrogen-bond acceptors (Lipinski definition) is 13. The van der Waals surface area contributed by atoms with Crippen molar-refractivity contribution in [2.24, 2.45) is 4.99 Å². The van der Waals surface area contributed by atoms with E-state index in [1.807, 2.05) is 277 Å². The van der Waals surface area contributed by atoms with Crippen LogP contribution >= 0.6 is 22.7 Å². The second kappa shape index (κ2) is 76.7. The molecule has 0 bridgehead atoms. The van der Waals surface area contributed by atoms with E-state index in [2.05, 4.69) is 161 Å². The van der Waals surface area contributed by atoms with Crippen molar-refractivity contribution >= 4 is 88.7 Å². The fourth-order valence-electron chi connectivity index (χ4n) is 6.68. The van der Waals surface area contributed by atoms with Crippen LogP contribution in [0.5, 0.6) is 0 Å². The van der Waals surface area contributed by atoms with Crippen LogP contribution in [0, 0.1) is 0 Å². The van der Waals surface area contributed by atoms with Crippen molar-refractivity contribution in [3.63, 3.8) is 0 Å². The number of hydrogen-bond donors (Lipinski definition) is 3. The van der Waals surface area contributed by atoms with Crippen molar-refractivity contribution in [3.8, 4) is 0 Å². The van der Waals surface area contributed by atoms with Gasteiger partial charge in [0, 0.05) is 34.4 Å². The molecule has 0 amide bonds. The molecule has 0 fully saturated rings. The number of anilines is 1. The van der Waals surface area contributed by atoms with E-state index in [4.69, 9.17) is 0 Å². The highest BCUT2D eigenvalue weighted by atomic mass is 32.1. The number of aromatic amines is 2. The minimum absolute atomic E-state index is 0.713. The second-order valence-corrected chi connectivity index (χ2v) is 17.7. The summed E-state index contributed by atoms with van der Waals surface area (Å²) in [5, 5.41) is 14.3. The number of aromatic nitrogens is 10. The molecule has 8 aromatic heterocycles. The quantitative estimate of drug-likeness (QED) is 0.133. The molecule has 7 aromatic carbocycles. The minimum atomic E-state index is 0.713. The third kappa shape index (κ3) is 47.3. The molecular weight excluding hydrogens is 1260 g/mol. The average molecular weight is 1370 g/mol. The molecule has 1 aliphatic rings. The van der Waals surface area contributed by atoms with Crippen LogP contribution in [0.2, 0.25) is 0 Å². The molecule has 13 nitrogen and oxygen atoms in total. The van der Waals surface area contributed by atoms with Gasteiger partial charge in [-0.2, -0.15) is 11.3 Å². The third-order valence-electron chi connectivity index (χ3n) is 10.4. The number of para-hydroxylation sites is 4. The molecule has 0 radical (unpaired) electrons. The Labute approximate surface area is 603 Å².